The molecule has 0 spiro atoms. The molecule has 1 aromatic rings. The minimum absolute atomic E-state index is 0.109. The zero-order valence-electron chi connectivity index (χ0n) is 9.74. The van der Waals surface area contributed by atoms with Crippen molar-refractivity contribution < 1.29 is 19.1 Å². The number of hydrogen-bond acceptors (Lipinski definition) is 2. The molecule has 0 fully saturated rings. The van der Waals surface area contributed by atoms with E-state index in [9.17, 15) is 14.0 Å². The lowest BCUT2D eigenvalue weighted by Crippen LogP contribution is -2.27. The number of hydrogen-bond donors (Lipinski definition) is 2. The van der Waals surface area contributed by atoms with Gasteiger partial charge in [-0.25, -0.2) is 4.39 Å². The summed E-state index contributed by atoms with van der Waals surface area (Å²) in [4.78, 5) is 22.1. The lowest BCUT2D eigenvalue weighted by atomic mass is 10.1. The van der Waals surface area contributed by atoms with Crippen LogP contribution in [0.5, 0.6) is 0 Å². The maximum absolute atomic E-state index is 13.4. The Morgan fingerprint density at radius 3 is 2.72 bits per heavy atom. The fraction of sp³-hybridized carbons (Fsp3) is 0.333. The summed E-state index contributed by atoms with van der Waals surface area (Å²) in [6.45, 7) is 1.71. The maximum atomic E-state index is 13.4. The molecule has 4 nitrogen and oxygen atoms in total. The molecule has 0 saturated carbocycles. The van der Waals surface area contributed by atoms with Crippen molar-refractivity contribution >= 4 is 23.5 Å². The first-order chi connectivity index (χ1) is 8.41. The average molecular weight is 274 g/mol. The lowest BCUT2D eigenvalue weighted by molar-refractivity contribution is -0.141. The predicted octanol–water partition coefficient (Wildman–Crippen LogP) is 2.32. The molecule has 0 aliphatic carbocycles. The molecule has 0 aromatic heterocycles. The van der Waals surface area contributed by atoms with E-state index in [-0.39, 0.29) is 23.6 Å². The summed E-state index contributed by atoms with van der Waals surface area (Å²) < 4.78 is 13.4. The first kappa shape index (κ1) is 14.4. The molecule has 0 aliphatic rings. The molecule has 0 bridgehead atoms. The largest absolute Gasteiger partial charge is 0.481 e. The average Bonchev–Trinajstić information content (AvgIpc) is 2.28. The molecule has 1 unspecified atom stereocenters. The summed E-state index contributed by atoms with van der Waals surface area (Å²) in [6.07, 6.45) is 0.288. The Labute approximate surface area is 109 Å². The number of rotatable bonds is 5. The van der Waals surface area contributed by atoms with Crippen molar-refractivity contribution in [2.75, 3.05) is 6.54 Å². The number of halogens is 2. The number of carboxylic acid groups (broad SMARTS) is 1. The van der Waals surface area contributed by atoms with E-state index in [1.165, 1.54) is 19.1 Å². The third-order valence-corrected chi connectivity index (χ3v) is 2.70. The summed E-state index contributed by atoms with van der Waals surface area (Å²) in [5, 5.41) is 11.3. The SMILES string of the molecule is CC(CCNC(=O)c1ccc(Cl)cc1F)C(=O)O. The van der Waals surface area contributed by atoms with E-state index in [2.05, 4.69) is 5.32 Å². The third-order valence-electron chi connectivity index (χ3n) is 2.46. The van der Waals surface area contributed by atoms with Crippen LogP contribution in [0.4, 0.5) is 4.39 Å². The Bertz CT molecular complexity index is 465. The number of benzene rings is 1. The number of carbonyl (C=O) groups excluding carboxylic acids is 1. The second-order valence-electron chi connectivity index (χ2n) is 3.91. The monoisotopic (exact) mass is 273 g/mol. The minimum Gasteiger partial charge on any atom is -0.481 e. The minimum atomic E-state index is -0.929. The third kappa shape index (κ3) is 4.00. The second kappa shape index (κ2) is 6.35. The topological polar surface area (TPSA) is 66.4 Å². The van der Waals surface area contributed by atoms with E-state index in [4.69, 9.17) is 16.7 Å². The highest BCUT2D eigenvalue weighted by Crippen LogP contribution is 2.14. The molecule has 1 atom stereocenters. The Kier molecular flexibility index (Phi) is 5.09. The van der Waals surface area contributed by atoms with Crippen LogP contribution in [0.3, 0.4) is 0 Å². The van der Waals surface area contributed by atoms with Crippen LogP contribution < -0.4 is 5.32 Å². The molecule has 1 rings (SSSR count). The second-order valence-corrected chi connectivity index (χ2v) is 4.34. The van der Waals surface area contributed by atoms with E-state index in [1.807, 2.05) is 0 Å². The van der Waals surface area contributed by atoms with E-state index < -0.39 is 23.6 Å². The van der Waals surface area contributed by atoms with Gasteiger partial charge in [0.2, 0.25) is 0 Å². The molecule has 0 heterocycles. The standard InChI is InChI=1S/C12H13ClFNO3/c1-7(12(17)18)4-5-15-11(16)9-3-2-8(13)6-10(9)14/h2-3,6-7H,4-5H2,1H3,(H,15,16)(H,17,18). The van der Waals surface area contributed by atoms with Crippen molar-refractivity contribution in [1.29, 1.82) is 0 Å². The van der Waals surface area contributed by atoms with Crippen molar-refractivity contribution in [1.82, 2.24) is 5.32 Å². The normalized spacial score (nSPS) is 11.9. The highest BCUT2D eigenvalue weighted by molar-refractivity contribution is 6.30. The smallest absolute Gasteiger partial charge is 0.306 e. The van der Waals surface area contributed by atoms with Crippen LogP contribution >= 0.6 is 11.6 Å². The summed E-state index contributed by atoms with van der Waals surface area (Å²) in [6, 6.07) is 3.75. The molecular weight excluding hydrogens is 261 g/mol. The zero-order valence-corrected chi connectivity index (χ0v) is 10.5. The summed E-state index contributed by atoms with van der Waals surface area (Å²) in [7, 11) is 0. The zero-order chi connectivity index (χ0) is 13.7. The van der Waals surface area contributed by atoms with Gasteiger partial charge in [0, 0.05) is 11.6 Å². The van der Waals surface area contributed by atoms with Gasteiger partial charge in [-0.05, 0) is 24.6 Å². The van der Waals surface area contributed by atoms with Gasteiger partial charge >= 0.3 is 5.97 Å². The number of carboxylic acids is 1. The first-order valence-electron chi connectivity index (χ1n) is 5.38. The Hall–Kier alpha value is -1.62. The van der Waals surface area contributed by atoms with Crippen molar-refractivity contribution in [2.24, 2.45) is 5.92 Å². The number of carbonyl (C=O) groups is 2. The predicted molar refractivity (Wildman–Crippen MR) is 65.2 cm³/mol. The molecule has 6 heteroatoms. The van der Waals surface area contributed by atoms with Gasteiger partial charge in [0.25, 0.3) is 5.91 Å². The van der Waals surface area contributed by atoms with Gasteiger partial charge in [0.1, 0.15) is 5.82 Å². The van der Waals surface area contributed by atoms with Crippen LogP contribution in [0.15, 0.2) is 18.2 Å². The molecule has 18 heavy (non-hydrogen) atoms. The van der Waals surface area contributed by atoms with Gasteiger partial charge in [0.15, 0.2) is 0 Å². The van der Waals surface area contributed by atoms with Crippen LogP contribution in [0.25, 0.3) is 0 Å². The van der Waals surface area contributed by atoms with Crippen LogP contribution in [-0.4, -0.2) is 23.5 Å². The van der Waals surface area contributed by atoms with Crippen LogP contribution in [-0.2, 0) is 4.79 Å². The first-order valence-corrected chi connectivity index (χ1v) is 5.75. The van der Waals surface area contributed by atoms with Crippen LogP contribution in [0, 0.1) is 11.7 Å². The fourth-order valence-corrected chi connectivity index (χ4v) is 1.45. The molecule has 1 amide bonds. The van der Waals surface area contributed by atoms with Gasteiger partial charge in [0.05, 0.1) is 11.5 Å². The quantitative estimate of drug-likeness (QED) is 0.865. The van der Waals surface area contributed by atoms with Gasteiger partial charge in [-0.3, -0.25) is 9.59 Å². The van der Waals surface area contributed by atoms with Crippen molar-refractivity contribution in [3.05, 3.63) is 34.6 Å². The Balaban J connectivity index is 2.53. The summed E-state index contributed by atoms with van der Waals surface area (Å²) >= 11 is 5.57. The molecule has 1 aromatic carbocycles. The van der Waals surface area contributed by atoms with Crippen LogP contribution in [0.2, 0.25) is 5.02 Å². The highest BCUT2D eigenvalue weighted by atomic mass is 35.5. The molecular formula is C12H13ClFNO3. The van der Waals surface area contributed by atoms with Gasteiger partial charge in [-0.2, -0.15) is 0 Å². The van der Waals surface area contributed by atoms with Crippen molar-refractivity contribution in [3.8, 4) is 0 Å². The van der Waals surface area contributed by atoms with Crippen molar-refractivity contribution in [3.63, 3.8) is 0 Å². The molecule has 2 N–H and O–H groups in total. The van der Waals surface area contributed by atoms with E-state index >= 15 is 0 Å². The van der Waals surface area contributed by atoms with Gasteiger partial charge < -0.3 is 10.4 Å². The van der Waals surface area contributed by atoms with Crippen molar-refractivity contribution in [2.45, 2.75) is 13.3 Å². The number of amides is 1. The van der Waals surface area contributed by atoms with Crippen LogP contribution in [0.1, 0.15) is 23.7 Å². The van der Waals surface area contributed by atoms with E-state index in [1.54, 1.807) is 0 Å². The molecule has 0 aliphatic heterocycles. The number of nitrogens with one attached hydrogen (secondary N) is 1. The summed E-state index contributed by atoms with van der Waals surface area (Å²) in [5.74, 6) is -2.77. The molecule has 0 saturated heterocycles. The molecule has 98 valence electrons. The van der Waals surface area contributed by atoms with E-state index in [0.717, 1.165) is 6.07 Å². The highest BCUT2D eigenvalue weighted by Gasteiger charge is 2.14. The van der Waals surface area contributed by atoms with Gasteiger partial charge in [-0.1, -0.05) is 18.5 Å². The van der Waals surface area contributed by atoms with Gasteiger partial charge in [-0.15, -0.1) is 0 Å². The maximum Gasteiger partial charge on any atom is 0.306 e. The number of aliphatic carboxylic acids is 1. The molecule has 0 radical (unpaired) electrons. The Morgan fingerprint density at radius 2 is 2.17 bits per heavy atom. The fourth-order valence-electron chi connectivity index (χ4n) is 1.29. The summed E-state index contributed by atoms with van der Waals surface area (Å²) in [5.41, 5.74) is -0.109. The van der Waals surface area contributed by atoms with E-state index in [0.29, 0.717) is 0 Å². The Morgan fingerprint density at radius 1 is 1.50 bits per heavy atom. The lowest BCUT2D eigenvalue weighted by Gasteiger charge is -2.08.